The smallest absolute Gasteiger partial charge is 0.305 e. The van der Waals surface area contributed by atoms with Crippen LogP contribution in [0.2, 0.25) is 0 Å². The van der Waals surface area contributed by atoms with E-state index in [1.807, 2.05) is 25.1 Å². The van der Waals surface area contributed by atoms with Crippen LogP contribution >= 0.6 is 0 Å². The van der Waals surface area contributed by atoms with Crippen LogP contribution in [0.3, 0.4) is 0 Å². The number of hydrogen-bond donors (Lipinski definition) is 2. The average molecular weight is 347 g/mol. The van der Waals surface area contributed by atoms with E-state index in [2.05, 4.69) is 4.72 Å². The molecule has 2 aromatic rings. The molecule has 0 saturated heterocycles. The van der Waals surface area contributed by atoms with Crippen LogP contribution in [-0.4, -0.2) is 31.8 Å². The van der Waals surface area contributed by atoms with Crippen molar-refractivity contribution in [1.82, 2.24) is 4.72 Å². The molecule has 0 aliphatic carbocycles. The van der Waals surface area contributed by atoms with Gasteiger partial charge in [0.05, 0.1) is 17.4 Å². The summed E-state index contributed by atoms with van der Waals surface area (Å²) in [6.07, 6.45) is -0.337. The number of nitrogens with one attached hydrogen (secondary N) is 1. The van der Waals surface area contributed by atoms with Crippen molar-refractivity contribution in [3.05, 3.63) is 54.1 Å². The molecule has 7 heteroatoms. The lowest BCUT2D eigenvalue weighted by Crippen LogP contribution is -2.37. The molecule has 2 aromatic carbocycles. The van der Waals surface area contributed by atoms with Crippen molar-refractivity contribution in [1.29, 1.82) is 0 Å². The minimum Gasteiger partial charge on any atom is -0.481 e. The van der Waals surface area contributed by atoms with Crippen LogP contribution in [-0.2, 0) is 19.6 Å². The first-order chi connectivity index (χ1) is 11.3. The summed E-state index contributed by atoms with van der Waals surface area (Å²) in [5, 5.41) is 8.75. The molecule has 0 amide bonds. The molecule has 0 aliphatic rings. The van der Waals surface area contributed by atoms with Gasteiger partial charge in [-0.3, -0.25) is 4.79 Å². The monoisotopic (exact) mass is 347 g/mol. The van der Waals surface area contributed by atoms with E-state index in [9.17, 15) is 18.0 Å². The third-order valence-corrected chi connectivity index (χ3v) is 4.92. The second-order valence-electron chi connectivity index (χ2n) is 5.33. The fraction of sp³-hybridized carbons (Fsp3) is 0.176. The molecule has 6 nitrogen and oxygen atoms in total. The van der Waals surface area contributed by atoms with Crippen LogP contribution < -0.4 is 4.72 Å². The van der Waals surface area contributed by atoms with E-state index in [0.29, 0.717) is 5.56 Å². The minimum atomic E-state index is -4.05. The number of carbonyl (C=O) groups is 2. The number of carboxylic acids is 1. The van der Waals surface area contributed by atoms with Crippen molar-refractivity contribution >= 4 is 22.3 Å². The van der Waals surface area contributed by atoms with E-state index in [-0.39, 0.29) is 11.2 Å². The molecular formula is C17H17NO5S. The fourth-order valence-corrected chi connectivity index (χ4v) is 3.72. The number of hydrogen-bond acceptors (Lipinski definition) is 4. The van der Waals surface area contributed by atoms with Gasteiger partial charge in [-0.25, -0.2) is 13.1 Å². The Morgan fingerprint density at radius 2 is 1.92 bits per heavy atom. The molecule has 24 heavy (non-hydrogen) atoms. The van der Waals surface area contributed by atoms with Crippen molar-refractivity contribution in [2.24, 2.45) is 0 Å². The van der Waals surface area contributed by atoms with Crippen LogP contribution in [0.5, 0.6) is 0 Å². The molecule has 0 fully saturated rings. The van der Waals surface area contributed by atoms with Gasteiger partial charge in [0.25, 0.3) is 0 Å². The molecule has 2 rings (SSSR count). The summed E-state index contributed by atoms with van der Waals surface area (Å²) in [5.74, 6) is -1.26. The Morgan fingerprint density at radius 1 is 1.21 bits per heavy atom. The van der Waals surface area contributed by atoms with Crippen molar-refractivity contribution in [2.45, 2.75) is 24.3 Å². The Bertz CT molecular complexity index is 861. The second-order valence-corrected chi connectivity index (χ2v) is 7.01. The van der Waals surface area contributed by atoms with E-state index in [1.165, 1.54) is 6.07 Å². The van der Waals surface area contributed by atoms with Crippen LogP contribution in [0.4, 0.5) is 0 Å². The third-order valence-electron chi connectivity index (χ3n) is 3.37. The van der Waals surface area contributed by atoms with Crippen LogP contribution in [0.15, 0.2) is 53.4 Å². The second kappa shape index (κ2) is 7.37. The van der Waals surface area contributed by atoms with Gasteiger partial charge in [-0.05, 0) is 18.6 Å². The summed E-state index contributed by atoms with van der Waals surface area (Å²) in [6, 6.07) is 12.4. The van der Waals surface area contributed by atoms with Gasteiger partial charge in [-0.15, -0.1) is 0 Å². The summed E-state index contributed by atoms with van der Waals surface area (Å²) >= 11 is 0. The number of aldehydes is 1. The molecule has 0 aromatic heterocycles. The zero-order valence-corrected chi connectivity index (χ0v) is 13.8. The maximum atomic E-state index is 12.6. The Hall–Kier alpha value is -2.51. The zero-order valence-electron chi connectivity index (χ0n) is 13.0. The molecule has 2 N–H and O–H groups in total. The summed E-state index contributed by atoms with van der Waals surface area (Å²) in [6.45, 7) is 1.90. The van der Waals surface area contributed by atoms with Crippen molar-refractivity contribution in [3.8, 4) is 11.1 Å². The molecule has 0 aliphatic heterocycles. The van der Waals surface area contributed by atoms with E-state index in [0.717, 1.165) is 11.1 Å². The van der Waals surface area contributed by atoms with E-state index in [1.54, 1.807) is 24.3 Å². The Morgan fingerprint density at radius 3 is 2.54 bits per heavy atom. The lowest BCUT2D eigenvalue weighted by molar-refractivity contribution is -0.138. The number of carboxylic acid groups (broad SMARTS) is 1. The van der Waals surface area contributed by atoms with E-state index in [4.69, 9.17) is 5.11 Å². The van der Waals surface area contributed by atoms with Crippen molar-refractivity contribution in [3.63, 3.8) is 0 Å². The maximum absolute atomic E-state index is 12.6. The number of aryl methyl sites for hydroxylation is 1. The van der Waals surface area contributed by atoms with E-state index < -0.39 is 28.5 Å². The van der Waals surface area contributed by atoms with E-state index >= 15 is 0 Å². The first-order valence-corrected chi connectivity index (χ1v) is 8.67. The summed E-state index contributed by atoms with van der Waals surface area (Å²) in [7, 11) is -4.05. The largest absolute Gasteiger partial charge is 0.481 e. The first-order valence-electron chi connectivity index (χ1n) is 7.19. The molecule has 0 saturated carbocycles. The SMILES string of the molecule is Cc1cccc(-c2ccccc2S(=O)(=O)N[C@H](C=O)CC(=O)O)c1. The van der Waals surface area contributed by atoms with Gasteiger partial charge in [0, 0.05) is 5.56 Å². The number of sulfonamides is 1. The first kappa shape index (κ1) is 17.8. The van der Waals surface area contributed by atoms with Gasteiger partial charge in [-0.1, -0.05) is 48.0 Å². The van der Waals surface area contributed by atoms with Gasteiger partial charge in [0.1, 0.15) is 6.29 Å². The van der Waals surface area contributed by atoms with Gasteiger partial charge in [0.2, 0.25) is 10.0 Å². The molecule has 0 heterocycles. The Kier molecular flexibility index (Phi) is 5.48. The quantitative estimate of drug-likeness (QED) is 0.746. The average Bonchev–Trinajstić information content (AvgIpc) is 2.53. The van der Waals surface area contributed by atoms with Gasteiger partial charge >= 0.3 is 5.97 Å². The number of aliphatic carboxylic acids is 1. The maximum Gasteiger partial charge on any atom is 0.305 e. The van der Waals surface area contributed by atoms with Crippen LogP contribution in [0.1, 0.15) is 12.0 Å². The Labute approximate surface area is 140 Å². The van der Waals surface area contributed by atoms with Crippen LogP contribution in [0.25, 0.3) is 11.1 Å². The van der Waals surface area contributed by atoms with Gasteiger partial charge in [0.15, 0.2) is 0 Å². The third kappa shape index (κ3) is 4.27. The minimum absolute atomic E-state index is 0.00663. The normalized spacial score (nSPS) is 12.5. The molecule has 0 spiro atoms. The highest BCUT2D eigenvalue weighted by molar-refractivity contribution is 7.89. The predicted octanol–water partition coefficient (Wildman–Crippen LogP) is 1.98. The topological polar surface area (TPSA) is 101 Å². The van der Waals surface area contributed by atoms with Crippen LogP contribution in [0, 0.1) is 6.92 Å². The highest BCUT2D eigenvalue weighted by Crippen LogP contribution is 2.27. The summed E-state index contributed by atoms with van der Waals surface area (Å²) in [4.78, 5) is 21.7. The highest BCUT2D eigenvalue weighted by Gasteiger charge is 2.24. The zero-order chi connectivity index (χ0) is 17.7. The lowest BCUT2D eigenvalue weighted by atomic mass is 10.0. The predicted molar refractivity (Wildman–Crippen MR) is 89.0 cm³/mol. The summed E-state index contributed by atoms with van der Waals surface area (Å²) < 4.78 is 27.3. The number of carbonyl (C=O) groups excluding carboxylic acids is 1. The molecule has 0 bridgehead atoms. The molecular weight excluding hydrogens is 330 g/mol. The van der Waals surface area contributed by atoms with Gasteiger partial charge < -0.3 is 9.90 Å². The number of benzene rings is 2. The molecule has 0 unspecified atom stereocenters. The molecule has 126 valence electrons. The van der Waals surface area contributed by atoms with Gasteiger partial charge in [-0.2, -0.15) is 0 Å². The number of rotatable bonds is 7. The highest BCUT2D eigenvalue weighted by atomic mass is 32.2. The van der Waals surface area contributed by atoms with Crippen molar-refractivity contribution in [2.75, 3.05) is 0 Å². The molecule has 0 radical (unpaired) electrons. The summed E-state index contributed by atoms with van der Waals surface area (Å²) in [5.41, 5.74) is 2.18. The Balaban J connectivity index is 2.44. The van der Waals surface area contributed by atoms with Crippen molar-refractivity contribution < 1.29 is 23.1 Å². The molecule has 1 atom stereocenters. The standard InChI is InChI=1S/C17H17NO5S/c1-12-5-4-6-13(9-12)15-7-2-3-8-16(15)24(22,23)18-14(11-19)10-17(20)21/h2-9,11,14,18H,10H2,1H3,(H,20,21)/t14-/m0/s1. The fourth-order valence-electron chi connectivity index (χ4n) is 2.32. The lowest BCUT2D eigenvalue weighted by Gasteiger charge is -2.14.